The van der Waals surface area contributed by atoms with Crippen LogP contribution < -0.4 is 30.9 Å². The molecule has 2 aliphatic heterocycles. The van der Waals surface area contributed by atoms with E-state index in [0.29, 0.717) is 28.2 Å². The molecule has 0 bridgehead atoms. The molecule has 0 spiro atoms. The number of fused-ring (bicyclic) bond motifs is 1. The Bertz CT molecular complexity index is 1340. The zero-order chi connectivity index (χ0) is 26.6. The molecule has 0 radical (unpaired) electrons. The third-order valence-corrected chi connectivity index (χ3v) is 7.22. The summed E-state index contributed by atoms with van der Waals surface area (Å²) in [6.45, 7) is 2.23. The number of amides is 3. The van der Waals surface area contributed by atoms with E-state index >= 15 is 0 Å². The van der Waals surface area contributed by atoms with Crippen molar-refractivity contribution in [2.24, 2.45) is 0 Å². The fraction of sp³-hybridized carbons (Fsp3) is 0.308. The minimum atomic E-state index is -0.360. The van der Waals surface area contributed by atoms with E-state index in [4.69, 9.17) is 27.9 Å². The average Bonchev–Trinajstić information content (AvgIpc) is 2.93. The van der Waals surface area contributed by atoms with Crippen molar-refractivity contribution in [3.63, 3.8) is 0 Å². The molecule has 1 aromatic heterocycles. The maximum Gasteiger partial charge on any atom is 0.314 e. The Hall–Kier alpha value is -3.60. The number of ether oxygens (including phenoxy) is 1. The van der Waals surface area contributed by atoms with Gasteiger partial charge in [-0.1, -0.05) is 35.3 Å². The van der Waals surface area contributed by atoms with Gasteiger partial charge in [-0.3, -0.25) is 9.69 Å². The molecule has 3 aromatic rings. The van der Waals surface area contributed by atoms with Gasteiger partial charge in [-0.15, -0.1) is 0 Å². The smallest absolute Gasteiger partial charge is 0.314 e. The molecular formula is C26H27Cl2N7O3. The number of aromatic nitrogens is 2. The zero-order valence-electron chi connectivity index (χ0n) is 20.7. The van der Waals surface area contributed by atoms with Crippen molar-refractivity contribution >= 4 is 52.5 Å². The predicted octanol–water partition coefficient (Wildman–Crippen LogP) is 4.42. The predicted molar refractivity (Wildman–Crippen MR) is 147 cm³/mol. The van der Waals surface area contributed by atoms with Crippen LogP contribution in [-0.2, 0) is 6.54 Å². The van der Waals surface area contributed by atoms with Gasteiger partial charge in [0, 0.05) is 25.5 Å². The van der Waals surface area contributed by atoms with Gasteiger partial charge in [-0.2, -0.15) is 4.98 Å². The van der Waals surface area contributed by atoms with E-state index in [9.17, 15) is 9.59 Å². The van der Waals surface area contributed by atoms with Crippen LogP contribution in [0.25, 0.3) is 0 Å². The van der Waals surface area contributed by atoms with E-state index < -0.39 is 0 Å². The first kappa shape index (κ1) is 26.0. The van der Waals surface area contributed by atoms with Crippen LogP contribution >= 0.6 is 23.2 Å². The summed E-state index contributed by atoms with van der Waals surface area (Å²) in [7, 11) is 1.59. The maximum absolute atomic E-state index is 13.2. The highest BCUT2D eigenvalue weighted by atomic mass is 35.5. The van der Waals surface area contributed by atoms with E-state index in [0.717, 1.165) is 37.2 Å². The second-order valence-electron chi connectivity index (χ2n) is 8.98. The molecule has 3 heterocycles. The van der Waals surface area contributed by atoms with E-state index in [1.807, 2.05) is 12.1 Å². The van der Waals surface area contributed by atoms with Crippen LogP contribution in [0.2, 0.25) is 10.0 Å². The molecule has 0 saturated carbocycles. The normalized spacial score (nSPS) is 15.4. The van der Waals surface area contributed by atoms with Gasteiger partial charge in [0.2, 0.25) is 11.8 Å². The number of hydrogen-bond donors (Lipinski definition) is 4. The molecule has 0 atom stereocenters. The van der Waals surface area contributed by atoms with E-state index in [1.54, 1.807) is 25.2 Å². The number of nitrogens with zero attached hydrogens (tertiary/aromatic N) is 3. The third-order valence-electron chi connectivity index (χ3n) is 6.61. The first-order valence-corrected chi connectivity index (χ1v) is 13.0. The fourth-order valence-electron chi connectivity index (χ4n) is 4.69. The van der Waals surface area contributed by atoms with E-state index in [1.165, 1.54) is 16.7 Å². The van der Waals surface area contributed by atoms with Crippen LogP contribution in [0.5, 0.6) is 5.88 Å². The largest absolute Gasteiger partial charge is 0.455 e. The lowest BCUT2D eigenvalue weighted by Gasteiger charge is -2.29. The first-order chi connectivity index (χ1) is 18.4. The van der Waals surface area contributed by atoms with Gasteiger partial charge in [0.25, 0.3) is 5.91 Å². The van der Waals surface area contributed by atoms with Crippen LogP contribution in [0.15, 0.2) is 42.6 Å². The molecule has 5 rings (SSSR count). The van der Waals surface area contributed by atoms with Gasteiger partial charge >= 0.3 is 6.03 Å². The SMILES string of the molecule is CNC(=O)NCc1cc(Nc2ncc3c(n2)OCN(c2c(Cl)cccc2Cl)C3=O)ccc1C1CCNCC1. The third kappa shape index (κ3) is 5.47. The molecule has 2 aromatic carbocycles. The number of para-hydroxylation sites is 1. The molecule has 1 fully saturated rings. The Kier molecular flexibility index (Phi) is 7.82. The summed E-state index contributed by atoms with van der Waals surface area (Å²) in [5, 5.41) is 12.7. The molecule has 4 N–H and O–H groups in total. The lowest BCUT2D eigenvalue weighted by molar-refractivity contribution is 0.0932. The number of urea groups is 1. The summed E-state index contributed by atoms with van der Waals surface area (Å²) >= 11 is 12.6. The van der Waals surface area contributed by atoms with Crippen molar-refractivity contribution in [2.75, 3.05) is 37.1 Å². The number of rotatable bonds is 6. The summed E-state index contributed by atoms with van der Waals surface area (Å²) < 4.78 is 5.79. The van der Waals surface area contributed by atoms with Gasteiger partial charge in [0.05, 0.1) is 15.7 Å². The van der Waals surface area contributed by atoms with Crippen LogP contribution in [-0.4, -0.2) is 48.8 Å². The Labute approximate surface area is 230 Å². The number of piperidine rings is 1. The van der Waals surface area contributed by atoms with Crippen molar-refractivity contribution in [1.82, 2.24) is 25.9 Å². The van der Waals surface area contributed by atoms with Gasteiger partial charge in [-0.25, -0.2) is 9.78 Å². The zero-order valence-corrected chi connectivity index (χ0v) is 22.2. The van der Waals surface area contributed by atoms with Gasteiger partial charge in [0.15, 0.2) is 6.73 Å². The number of hydrogen-bond acceptors (Lipinski definition) is 7. The molecule has 10 nitrogen and oxygen atoms in total. The quantitative estimate of drug-likeness (QED) is 0.355. The molecular weight excluding hydrogens is 529 g/mol. The lowest BCUT2D eigenvalue weighted by Crippen LogP contribution is -2.39. The number of anilines is 3. The highest BCUT2D eigenvalue weighted by Crippen LogP contribution is 2.37. The van der Waals surface area contributed by atoms with Crippen molar-refractivity contribution in [1.29, 1.82) is 0 Å². The van der Waals surface area contributed by atoms with Gasteiger partial charge in [-0.05, 0) is 67.2 Å². The minimum Gasteiger partial charge on any atom is -0.455 e. The fourth-order valence-corrected chi connectivity index (χ4v) is 5.29. The van der Waals surface area contributed by atoms with Crippen LogP contribution in [0, 0.1) is 0 Å². The monoisotopic (exact) mass is 555 g/mol. The number of benzene rings is 2. The number of carbonyl (C=O) groups excluding carboxylic acids is 2. The van der Waals surface area contributed by atoms with Gasteiger partial charge < -0.3 is 26.0 Å². The van der Waals surface area contributed by atoms with Crippen LogP contribution in [0.1, 0.15) is 40.2 Å². The second-order valence-corrected chi connectivity index (χ2v) is 9.80. The van der Waals surface area contributed by atoms with Crippen molar-refractivity contribution in [3.8, 4) is 5.88 Å². The summed E-state index contributed by atoms with van der Waals surface area (Å²) in [6.07, 6.45) is 3.49. The molecule has 1 saturated heterocycles. The molecule has 3 amide bonds. The molecule has 0 unspecified atom stereocenters. The summed E-state index contributed by atoms with van der Waals surface area (Å²) in [5.41, 5.74) is 3.56. The van der Waals surface area contributed by atoms with E-state index in [-0.39, 0.29) is 36.1 Å². The summed E-state index contributed by atoms with van der Waals surface area (Å²) in [5.74, 6) is 0.503. The second kappa shape index (κ2) is 11.4. The number of nitrogens with one attached hydrogen (secondary N) is 4. The minimum absolute atomic E-state index is 0.0913. The van der Waals surface area contributed by atoms with Crippen molar-refractivity contribution < 1.29 is 14.3 Å². The van der Waals surface area contributed by atoms with Crippen LogP contribution in [0.4, 0.5) is 22.1 Å². The first-order valence-electron chi connectivity index (χ1n) is 12.3. The highest BCUT2D eigenvalue weighted by molar-refractivity contribution is 6.40. The lowest BCUT2D eigenvalue weighted by atomic mass is 9.87. The Morgan fingerprint density at radius 2 is 1.95 bits per heavy atom. The number of carbonyl (C=O) groups is 2. The Balaban J connectivity index is 1.37. The standard InChI is InChI=1S/C26H27Cl2N7O3/c1-29-26(37)32-12-16-11-17(5-6-18(16)15-7-9-30-10-8-15)33-25-31-13-19-23(34-25)38-14-35(24(19)36)22-20(27)3-2-4-21(22)28/h2-6,11,13,15,30H,7-10,12,14H2,1H3,(H2,29,32,37)(H,31,33,34). The summed E-state index contributed by atoms with van der Waals surface area (Å²) in [4.78, 5) is 35.1. The molecule has 2 aliphatic rings. The molecule has 0 aliphatic carbocycles. The van der Waals surface area contributed by atoms with Crippen molar-refractivity contribution in [3.05, 3.63) is 69.3 Å². The molecule has 198 valence electrons. The Morgan fingerprint density at radius 1 is 1.18 bits per heavy atom. The Morgan fingerprint density at radius 3 is 2.68 bits per heavy atom. The topological polar surface area (TPSA) is 121 Å². The maximum atomic E-state index is 13.2. The van der Waals surface area contributed by atoms with E-state index in [2.05, 4.69) is 37.3 Å². The van der Waals surface area contributed by atoms with Gasteiger partial charge in [0.1, 0.15) is 5.56 Å². The average molecular weight is 556 g/mol. The molecule has 38 heavy (non-hydrogen) atoms. The highest BCUT2D eigenvalue weighted by Gasteiger charge is 2.31. The van der Waals surface area contributed by atoms with Crippen LogP contribution in [0.3, 0.4) is 0 Å². The van der Waals surface area contributed by atoms with Crippen molar-refractivity contribution in [2.45, 2.75) is 25.3 Å². The summed E-state index contributed by atoms with van der Waals surface area (Å²) in [6, 6.07) is 10.8. The molecule has 12 heteroatoms. The number of halogens is 2.